The average Bonchev–Trinajstić information content (AvgIpc) is 2.61. The zero-order valence-electron chi connectivity index (χ0n) is 13.5. The number of anilines is 1. The van der Waals surface area contributed by atoms with E-state index < -0.39 is 16.6 Å². The summed E-state index contributed by atoms with van der Waals surface area (Å²) in [6.45, 7) is 1.35. The Morgan fingerprint density at radius 2 is 1.77 bits per heavy atom. The van der Waals surface area contributed by atoms with Gasteiger partial charge >= 0.3 is 0 Å². The SMILES string of the molecule is O=C(c1ccc(Cl)c([N+](=O)[O-])c1)N1CCN(c2ccc(F)cc2F)CC1. The summed E-state index contributed by atoms with van der Waals surface area (Å²) in [5.74, 6) is -1.66. The molecule has 0 N–H and O–H groups in total. The second-order valence-corrected chi connectivity index (χ2v) is 6.21. The van der Waals surface area contributed by atoms with Crippen molar-refractivity contribution in [3.8, 4) is 0 Å². The topological polar surface area (TPSA) is 66.7 Å². The lowest BCUT2D eigenvalue weighted by atomic mass is 10.1. The van der Waals surface area contributed by atoms with E-state index >= 15 is 0 Å². The summed E-state index contributed by atoms with van der Waals surface area (Å²) in [5.41, 5.74) is 0.118. The molecule has 0 atom stereocenters. The van der Waals surface area contributed by atoms with Gasteiger partial charge in [0.1, 0.15) is 16.7 Å². The minimum atomic E-state index is -0.655. The molecule has 0 spiro atoms. The molecule has 2 aromatic rings. The molecule has 0 saturated carbocycles. The molecule has 0 aliphatic carbocycles. The summed E-state index contributed by atoms with van der Waals surface area (Å²) in [4.78, 5) is 26.1. The van der Waals surface area contributed by atoms with Crippen LogP contribution in [0.1, 0.15) is 10.4 Å². The Morgan fingerprint density at radius 1 is 1.08 bits per heavy atom. The number of rotatable bonds is 3. The van der Waals surface area contributed by atoms with Crippen molar-refractivity contribution in [3.05, 3.63) is 68.7 Å². The van der Waals surface area contributed by atoms with Crippen molar-refractivity contribution >= 4 is 28.9 Å². The molecule has 136 valence electrons. The fourth-order valence-corrected chi connectivity index (χ4v) is 3.04. The van der Waals surface area contributed by atoms with Crippen molar-refractivity contribution in [1.82, 2.24) is 4.90 Å². The van der Waals surface area contributed by atoms with Crippen molar-refractivity contribution in [2.24, 2.45) is 0 Å². The van der Waals surface area contributed by atoms with Crippen LogP contribution in [-0.4, -0.2) is 41.9 Å². The van der Waals surface area contributed by atoms with Crippen LogP contribution in [0.25, 0.3) is 0 Å². The fraction of sp³-hybridized carbons (Fsp3) is 0.235. The van der Waals surface area contributed by atoms with Crippen LogP contribution in [0.15, 0.2) is 36.4 Å². The second kappa shape index (κ2) is 7.25. The third-order valence-corrected chi connectivity index (χ3v) is 4.53. The van der Waals surface area contributed by atoms with Crippen LogP contribution < -0.4 is 4.90 Å². The van der Waals surface area contributed by atoms with E-state index in [2.05, 4.69) is 0 Å². The van der Waals surface area contributed by atoms with Gasteiger partial charge in [0.25, 0.3) is 11.6 Å². The quantitative estimate of drug-likeness (QED) is 0.603. The number of nitro benzene ring substituents is 1. The lowest BCUT2D eigenvalue weighted by Crippen LogP contribution is -2.49. The standard InChI is InChI=1S/C17H14ClF2N3O3/c18-13-3-1-11(9-16(13)23(25)26)17(24)22-7-5-21(6-8-22)15-4-2-12(19)10-14(15)20/h1-4,9-10H,5-8H2. The Labute approximate surface area is 152 Å². The Hall–Kier alpha value is -2.74. The van der Waals surface area contributed by atoms with Gasteiger partial charge in [-0.3, -0.25) is 14.9 Å². The van der Waals surface area contributed by atoms with Crippen molar-refractivity contribution < 1.29 is 18.5 Å². The van der Waals surface area contributed by atoms with Gasteiger partial charge in [0, 0.05) is 43.9 Å². The second-order valence-electron chi connectivity index (χ2n) is 5.80. The molecule has 1 aliphatic heterocycles. The molecule has 1 aliphatic rings. The Morgan fingerprint density at radius 3 is 2.38 bits per heavy atom. The Kier molecular flexibility index (Phi) is 5.03. The summed E-state index contributed by atoms with van der Waals surface area (Å²) in [6.07, 6.45) is 0. The van der Waals surface area contributed by atoms with E-state index in [-0.39, 0.29) is 27.9 Å². The molecule has 0 radical (unpaired) electrons. The van der Waals surface area contributed by atoms with Crippen molar-refractivity contribution in [3.63, 3.8) is 0 Å². The van der Waals surface area contributed by atoms with Crippen molar-refractivity contribution in [2.75, 3.05) is 31.1 Å². The number of hydrogen-bond acceptors (Lipinski definition) is 4. The lowest BCUT2D eigenvalue weighted by Gasteiger charge is -2.36. The van der Waals surface area contributed by atoms with Crippen LogP contribution in [0.5, 0.6) is 0 Å². The smallest absolute Gasteiger partial charge is 0.288 e. The van der Waals surface area contributed by atoms with Gasteiger partial charge in [0.15, 0.2) is 0 Å². The maximum absolute atomic E-state index is 13.9. The molecule has 3 rings (SSSR count). The van der Waals surface area contributed by atoms with E-state index in [4.69, 9.17) is 11.6 Å². The first kappa shape index (κ1) is 18.1. The molecule has 1 fully saturated rings. The van der Waals surface area contributed by atoms with E-state index in [0.717, 1.165) is 12.1 Å². The third-order valence-electron chi connectivity index (χ3n) is 4.21. The molecule has 0 aromatic heterocycles. The van der Waals surface area contributed by atoms with E-state index in [0.29, 0.717) is 26.2 Å². The van der Waals surface area contributed by atoms with Gasteiger partial charge in [0.2, 0.25) is 0 Å². The van der Waals surface area contributed by atoms with Crippen LogP contribution in [0, 0.1) is 21.7 Å². The van der Waals surface area contributed by atoms with Gasteiger partial charge in [-0.2, -0.15) is 0 Å². The molecular formula is C17H14ClF2N3O3. The highest BCUT2D eigenvalue weighted by atomic mass is 35.5. The third kappa shape index (κ3) is 3.60. The Bertz CT molecular complexity index is 870. The van der Waals surface area contributed by atoms with Crippen LogP contribution >= 0.6 is 11.6 Å². The number of carbonyl (C=O) groups is 1. The summed E-state index contributed by atoms with van der Waals surface area (Å²) in [5, 5.41) is 10.9. The van der Waals surface area contributed by atoms with E-state index in [1.54, 1.807) is 4.90 Å². The maximum Gasteiger partial charge on any atom is 0.288 e. The molecule has 1 heterocycles. The predicted octanol–water partition coefficient (Wildman–Crippen LogP) is 3.49. The molecule has 9 heteroatoms. The highest BCUT2D eigenvalue weighted by molar-refractivity contribution is 6.32. The zero-order chi connectivity index (χ0) is 18.8. The highest BCUT2D eigenvalue weighted by Crippen LogP contribution is 2.26. The van der Waals surface area contributed by atoms with Crippen LogP contribution in [0.2, 0.25) is 5.02 Å². The maximum atomic E-state index is 13.9. The van der Waals surface area contributed by atoms with Crippen LogP contribution in [-0.2, 0) is 0 Å². The molecular weight excluding hydrogens is 368 g/mol. The van der Waals surface area contributed by atoms with Gasteiger partial charge in [0.05, 0.1) is 10.6 Å². The van der Waals surface area contributed by atoms with Crippen molar-refractivity contribution in [1.29, 1.82) is 0 Å². The number of hydrogen-bond donors (Lipinski definition) is 0. The number of amides is 1. The predicted molar refractivity (Wildman–Crippen MR) is 92.6 cm³/mol. The molecule has 6 nitrogen and oxygen atoms in total. The minimum Gasteiger partial charge on any atom is -0.366 e. The number of carbonyl (C=O) groups excluding carboxylic acids is 1. The molecule has 26 heavy (non-hydrogen) atoms. The van der Waals surface area contributed by atoms with Gasteiger partial charge in [-0.05, 0) is 24.3 Å². The van der Waals surface area contributed by atoms with Gasteiger partial charge in [-0.1, -0.05) is 11.6 Å². The number of nitrogens with zero attached hydrogens (tertiary/aromatic N) is 3. The lowest BCUT2D eigenvalue weighted by molar-refractivity contribution is -0.384. The largest absolute Gasteiger partial charge is 0.366 e. The highest BCUT2D eigenvalue weighted by Gasteiger charge is 2.25. The van der Waals surface area contributed by atoms with Gasteiger partial charge < -0.3 is 9.80 Å². The first-order valence-electron chi connectivity index (χ1n) is 7.80. The summed E-state index contributed by atoms with van der Waals surface area (Å²) < 4.78 is 26.9. The molecule has 2 aromatic carbocycles. The fourth-order valence-electron chi connectivity index (χ4n) is 2.86. The first-order chi connectivity index (χ1) is 12.4. The summed E-state index contributed by atoms with van der Waals surface area (Å²) in [6, 6.07) is 7.27. The summed E-state index contributed by atoms with van der Waals surface area (Å²) in [7, 11) is 0. The number of piperazine rings is 1. The van der Waals surface area contributed by atoms with E-state index in [1.165, 1.54) is 29.2 Å². The zero-order valence-corrected chi connectivity index (χ0v) is 14.2. The van der Waals surface area contributed by atoms with Crippen LogP contribution in [0.4, 0.5) is 20.2 Å². The Balaban J connectivity index is 1.71. The average molecular weight is 382 g/mol. The molecule has 0 unspecified atom stereocenters. The molecule has 0 bridgehead atoms. The minimum absolute atomic E-state index is 0.0387. The monoisotopic (exact) mass is 381 g/mol. The van der Waals surface area contributed by atoms with Gasteiger partial charge in [-0.25, -0.2) is 8.78 Å². The first-order valence-corrected chi connectivity index (χ1v) is 8.18. The number of benzene rings is 2. The summed E-state index contributed by atoms with van der Waals surface area (Å²) >= 11 is 5.76. The van der Waals surface area contributed by atoms with Crippen LogP contribution in [0.3, 0.4) is 0 Å². The van der Waals surface area contributed by atoms with E-state index in [9.17, 15) is 23.7 Å². The van der Waals surface area contributed by atoms with E-state index in [1.807, 2.05) is 0 Å². The molecule has 1 amide bonds. The number of nitro groups is 1. The van der Waals surface area contributed by atoms with Gasteiger partial charge in [-0.15, -0.1) is 0 Å². The van der Waals surface area contributed by atoms with Crippen molar-refractivity contribution in [2.45, 2.75) is 0 Å². The molecule has 1 saturated heterocycles. The number of halogens is 3. The normalized spacial score (nSPS) is 14.4.